The highest BCUT2D eigenvalue weighted by Gasteiger charge is 2.48. The van der Waals surface area contributed by atoms with Gasteiger partial charge in [0.2, 0.25) is 0 Å². The SMILES string of the molecule is COc1ccc(C(=CC2(C=C(c3ccc(N(C)C)cc3)c3ccc(OC)c(C)c3)OC(=O)c3c(Br)c(Cl)c(Cl)c(Br)c32)c2ccc(N(C)C)cc2)cc1C. The molecule has 1 heterocycles. The maximum Gasteiger partial charge on any atom is 0.341 e. The third-order valence-corrected chi connectivity index (χ3v) is 12.5. The lowest BCUT2D eigenvalue weighted by molar-refractivity contribution is 0.0298. The number of carbonyl (C=O) groups is 1. The summed E-state index contributed by atoms with van der Waals surface area (Å²) >= 11 is 21.0. The molecule has 0 spiro atoms. The minimum Gasteiger partial charge on any atom is -0.496 e. The number of methoxy groups -OCH3 is 2. The molecule has 0 fully saturated rings. The number of nitrogens with zero attached hydrogens (tertiary/aromatic N) is 2. The van der Waals surface area contributed by atoms with Crippen LogP contribution in [0.15, 0.2) is 106 Å². The highest BCUT2D eigenvalue weighted by molar-refractivity contribution is 9.11. The summed E-state index contributed by atoms with van der Waals surface area (Å²) in [6.07, 6.45) is 4.02. The summed E-state index contributed by atoms with van der Waals surface area (Å²) in [6.45, 7) is 4.01. The third-order valence-electron chi connectivity index (χ3n) is 9.64. The number of carbonyl (C=O) groups excluding carboxylic acids is 1. The van der Waals surface area contributed by atoms with Crippen molar-refractivity contribution in [2.75, 3.05) is 52.2 Å². The van der Waals surface area contributed by atoms with Gasteiger partial charge < -0.3 is 24.0 Å². The largest absolute Gasteiger partial charge is 0.496 e. The van der Waals surface area contributed by atoms with Crippen molar-refractivity contribution >= 4 is 83.6 Å². The molecule has 0 aliphatic carbocycles. The number of cyclic esters (lactones) is 1. The number of fused-ring (bicyclic) bond motifs is 1. The molecule has 1 aliphatic heterocycles. The summed E-state index contributed by atoms with van der Waals surface area (Å²) in [5.74, 6) is 0.976. The predicted octanol–water partition coefficient (Wildman–Crippen LogP) is 11.9. The summed E-state index contributed by atoms with van der Waals surface area (Å²) in [4.78, 5) is 18.4. The Morgan fingerprint density at radius 3 is 1.41 bits per heavy atom. The molecule has 278 valence electrons. The van der Waals surface area contributed by atoms with Gasteiger partial charge in [0.1, 0.15) is 11.5 Å². The molecule has 0 aromatic heterocycles. The Hall–Kier alpha value is -4.21. The molecular weight excluding hydrogens is 851 g/mol. The molecule has 5 aromatic rings. The van der Waals surface area contributed by atoms with Gasteiger partial charge in [0.25, 0.3) is 0 Å². The lowest BCUT2D eigenvalue weighted by Crippen LogP contribution is -2.23. The molecule has 6 nitrogen and oxygen atoms in total. The number of hydrogen-bond donors (Lipinski definition) is 0. The number of benzene rings is 5. The van der Waals surface area contributed by atoms with E-state index in [9.17, 15) is 4.79 Å². The Bertz CT molecular complexity index is 2200. The number of anilines is 2. The Kier molecular flexibility index (Phi) is 11.6. The minimum atomic E-state index is -1.51. The lowest BCUT2D eigenvalue weighted by Gasteiger charge is -2.28. The van der Waals surface area contributed by atoms with Crippen molar-refractivity contribution < 1.29 is 19.0 Å². The molecule has 0 N–H and O–H groups in total. The first-order chi connectivity index (χ1) is 25.7. The first kappa shape index (κ1) is 39.5. The Labute approximate surface area is 344 Å². The third kappa shape index (κ3) is 7.41. The zero-order valence-electron chi connectivity index (χ0n) is 31.3. The predicted molar refractivity (Wildman–Crippen MR) is 230 cm³/mol. The zero-order chi connectivity index (χ0) is 39.1. The molecule has 0 saturated carbocycles. The molecule has 54 heavy (non-hydrogen) atoms. The molecule has 0 atom stereocenters. The molecule has 10 heteroatoms. The van der Waals surface area contributed by atoms with E-state index in [0.717, 1.165) is 67.4 Å². The van der Waals surface area contributed by atoms with Gasteiger partial charge in [-0.25, -0.2) is 4.79 Å². The monoisotopic (exact) mass is 888 g/mol. The van der Waals surface area contributed by atoms with Crippen LogP contribution in [0.3, 0.4) is 0 Å². The fraction of sp³-hybridized carbons (Fsp3) is 0.205. The van der Waals surface area contributed by atoms with E-state index in [0.29, 0.717) is 14.5 Å². The van der Waals surface area contributed by atoms with Gasteiger partial charge in [0, 0.05) is 49.6 Å². The van der Waals surface area contributed by atoms with Crippen LogP contribution in [0, 0.1) is 13.8 Å². The van der Waals surface area contributed by atoms with Gasteiger partial charge in [-0.3, -0.25) is 0 Å². The lowest BCUT2D eigenvalue weighted by atomic mass is 9.82. The van der Waals surface area contributed by atoms with Crippen LogP contribution in [0.2, 0.25) is 10.0 Å². The Morgan fingerprint density at radius 2 is 1.04 bits per heavy atom. The van der Waals surface area contributed by atoms with Crippen molar-refractivity contribution in [1.29, 1.82) is 0 Å². The summed E-state index contributed by atoms with van der Waals surface area (Å²) in [7, 11) is 11.3. The Balaban J connectivity index is 1.77. The van der Waals surface area contributed by atoms with Gasteiger partial charge in [-0.2, -0.15) is 0 Å². The molecule has 0 saturated heterocycles. The van der Waals surface area contributed by atoms with E-state index in [1.165, 1.54) is 0 Å². The van der Waals surface area contributed by atoms with E-state index in [4.69, 9.17) is 37.4 Å². The smallest absolute Gasteiger partial charge is 0.341 e. The van der Waals surface area contributed by atoms with E-state index in [1.807, 2.05) is 78.5 Å². The number of rotatable bonds is 10. The highest BCUT2D eigenvalue weighted by Crippen LogP contribution is 2.54. The van der Waals surface area contributed by atoms with Crippen molar-refractivity contribution in [3.8, 4) is 11.5 Å². The van der Waals surface area contributed by atoms with Crippen LogP contribution in [0.5, 0.6) is 11.5 Å². The molecule has 0 radical (unpaired) electrons. The molecule has 0 unspecified atom stereocenters. The van der Waals surface area contributed by atoms with Gasteiger partial charge in [0.05, 0.1) is 34.3 Å². The van der Waals surface area contributed by atoms with Gasteiger partial charge in [-0.1, -0.05) is 59.6 Å². The number of hydrogen-bond acceptors (Lipinski definition) is 6. The summed E-state index contributed by atoms with van der Waals surface area (Å²) in [5.41, 5.74) is 8.56. The zero-order valence-corrected chi connectivity index (χ0v) is 36.0. The van der Waals surface area contributed by atoms with Crippen LogP contribution in [0.25, 0.3) is 11.1 Å². The van der Waals surface area contributed by atoms with Gasteiger partial charge in [-0.15, -0.1) is 0 Å². The van der Waals surface area contributed by atoms with E-state index in [-0.39, 0.29) is 15.6 Å². The van der Waals surface area contributed by atoms with Gasteiger partial charge >= 0.3 is 5.97 Å². The fourth-order valence-electron chi connectivity index (χ4n) is 6.76. The van der Waals surface area contributed by atoms with Crippen molar-refractivity contribution in [3.05, 3.63) is 161 Å². The molecule has 5 aromatic carbocycles. The molecule has 0 amide bonds. The Morgan fingerprint density at radius 1 is 0.648 bits per heavy atom. The summed E-state index contributed by atoms with van der Waals surface area (Å²) in [6, 6.07) is 28.6. The van der Waals surface area contributed by atoms with Crippen molar-refractivity contribution in [3.63, 3.8) is 0 Å². The average Bonchev–Trinajstić information content (AvgIpc) is 3.45. The molecule has 6 rings (SSSR count). The molecule has 1 aliphatic rings. The number of esters is 1. The fourth-order valence-corrected chi connectivity index (χ4v) is 8.63. The summed E-state index contributed by atoms with van der Waals surface area (Å²) < 4.78 is 18.8. The number of aryl methyl sites for hydroxylation is 2. The highest BCUT2D eigenvalue weighted by atomic mass is 79.9. The standard InChI is InChI=1S/C44H40Br2Cl2N2O4/c1-25-21-29(13-19-35(25)52-7)33(27-9-15-31(16-10-27)49(3)4)23-44(38-37(43(51)54-44)39(45)41(47)42(48)40(38)46)24-34(28-11-17-32(18-12-28)50(5)6)30-14-20-36(53-8)26(2)22-30/h9-24H,1-8H3. The van der Waals surface area contributed by atoms with Crippen LogP contribution in [0.4, 0.5) is 11.4 Å². The first-order valence-electron chi connectivity index (χ1n) is 17.1. The van der Waals surface area contributed by atoms with Gasteiger partial charge in [-0.05, 0) is 151 Å². The van der Waals surface area contributed by atoms with E-state index in [1.54, 1.807) is 14.2 Å². The minimum absolute atomic E-state index is 0.207. The second-order valence-electron chi connectivity index (χ2n) is 13.6. The van der Waals surface area contributed by atoms with E-state index >= 15 is 0 Å². The normalized spacial score (nSPS) is 15.5. The first-order valence-corrected chi connectivity index (χ1v) is 19.4. The average molecular weight is 892 g/mol. The van der Waals surface area contributed by atoms with Crippen LogP contribution in [0.1, 0.15) is 49.3 Å². The van der Waals surface area contributed by atoms with Crippen molar-refractivity contribution in [2.24, 2.45) is 0 Å². The van der Waals surface area contributed by atoms with Gasteiger partial charge in [0.15, 0.2) is 5.60 Å². The second kappa shape index (κ2) is 15.9. The maximum atomic E-state index is 14.3. The maximum absolute atomic E-state index is 14.3. The topological polar surface area (TPSA) is 51.2 Å². The van der Waals surface area contributed by atoms with Crippen LogP contribution < -0.4 is 19.3 Å². The number of ether oxygens (including phenoxy) is 3. The van der Waals surface area contributed by atoms with E-state index < -0.39 is 11.6 Å². The van der Waals surface area contributed by atoms with Crippen molar-refractivity contribution in [1.82, 2.24) is 0 Å². The van der Waals surface area contributed by atoms with Crippen molar-refractivity contribution in [2.45, 2.75) is 19.4 Å². The number of halogens is 4. The second-order valence-corrected chi connectivity index (χ2v) is 15.9. The molecular formula is C44H40Br2Cl2N2O4. The van der Waals surface area contributed by atoms with Crippen LogP contribution in [-0.2, 0) is 10.3 Å². The molecule has 0 bridgehead atoms. The summed E-state index contributed by atoms with van der Waals surface area (Å²) in [5, 5.41) is 0.458. The van der Waals surface area contributed by atoms with Crippen LogP contribution >= 0.6 is 55.1 Å². The van der Waals surface area contributed by atoms with E-state index in [2.05, 4.69) is 102 Å². The van der Waals surface area contributed by atoms with Crippen LogP contribution in [-0.4, -0.2) is 48.4 Å². The quantitative estimate of drug-likeness (QED) is 0.0791.